The third-order valence-corrected chi connectivity index (χ3v) is 4.71. The number of hydrogen-bond donors (Lipinski definition) is 0. The van der Waals surface area contributed by atoms with Crippen LogP contribution in [0.1, 0.15) is 32.6 Å². The number of nitriles is 1. The second-order valence-corrected chi connectivity index (χ2v) is 6.99. The third kappa shape index (κ3) is 5.24. The molecular weight excluding hydrogens is 399 g/mol. The topological polar surface area (TPSA) is 81.3 Å². The molecule has 0 aliphatic rings. The normalized spacial score (nSPS) is 10.5. The van der Waals surface area contributed by atoms with Gasteiger partial charge in [0.1, 0.15) is 29.8 Å². The van der Waals surface area contributed by atoms with Crippen LogP contribution in [-0.4, -0.2) is 24.1 Å². The van der Waals surface area contributed by atoms with E-state index in [-0.39, 0.29) is 42.2 Å². The molecule has 0 saturated heterocycles. The second kappa shape index (κ2) is 9.83. The van der Waals surface area contributed by atoms with Gasteiger partial charge >= 0.3 is 0 Å². The van der Waals surface area contributed by atoms with Gasteiger partial charge in [0, 0.05) is 25.4 Å². The maximum Gasteiger partial charge on any atom is 0.268 e. The highest BCUT2D eigenvalue weighted by atomic mass is 19.1. The Kier molecular flexibility index (Phi) is 6.96. The van der Waals surface area contributed by atoms with E-state index in [9.17, 15) is 19.2 Å². The maximum atomic E-state index is 14.0. The smallest absolute Gasteiger partial charge is 0.268 e. The fourth-order valence-corrected chi connectivity index (χ4v) is 3.00. The number of halogens is 1. The number of rotatable bonds is 8. The van der Waals surface area contributed by atoms with Gasteiger partial charge in [-0.25, -0.2) is 4.39 Å². The predicted molar refractivity (Wildman–Crippen MR) is 113 cm³/mol. The molecule has 0 fully saturated rings. The van der Waals surface area contributed by atoms with Gasteiger partial charge in [0.25, 0.3) is 5.56 Å². The molecule has 0 bridgehead atoms. The standard InChI is InChI=1S/C24H21FN2O4/c1-16-3-5-17(6-4-16)15-31-22-8-7-20(25)12-21(22)23(28)19-11-18(13-26)24(29)27(14-19)9-10-30-2/h3-8,11-12,14H,9-10,15H2,1-2H3. The number of benzene rings is 2. The molecule has 0 atom stereocenters. The summed E-state index contributed by atoms with van der Waals surface area (Å²) in [7, 11) is 1.48. The Morgan fingerprint density at radius 3 is 2.58 bits per heavy atom. The summed E-state index contributed by atoms with van der Waals surface area (Å²) >= 11 is 0. The Bertz CT molecular complexity index is 1190. The molecule has 158 valence electrons. The zero-order chi connectivity index (χ0) is 22.4. The third-order valence-electron chi connectivity index (χ3n) is 4.71. The van der Waals surface area contributed by atoms with E-state index in [0.717, 1.165) is 17.2 Å². The van der Waals surface area contributed by atoms with Crippen molar-refractivity contribution in [3.05, 3.63) is 98.7 Å². The van der Waals surface area contributed by atoms with Crippen molar-refractivity contribution >= 4 is 5.78 Å². The van der Waals surface area contributed by atoms with Gasteiger partial charge in [-0.2, -0.15) is 5.26 Å². The van der Waals surface area contributed by atoms with E-state index in [4.69, 9.17) is 9.47 Å². The summed E-state index contributed by atoms with van der Waals surface area (Å²) in [5.41, 5.74) is 1.39. The van der Waals surface area contributed by atoms with Gasteiger partial charge in [-0.1, -0.05) is 29.8 Å². The van der Waals surface area contributed by atoms with Crippen molar-refractivity contribution in [2.24, 2.45) is 0 Å². The van der Waals surface area contributed by atoms with Gasteiger partial charge in [-0.15, -0.1) is 0 Å². The number of carbonyl (C=O) groups is 1. The number of aryl methyl sites for hydroxylation is 1. The van der Waals surface area contributed by atoms with Crippen LogP contribution >= 0.6 is 0 Å². The van der Waals surface area contributed by atoms with Gasteiger partial charge in [0.2, 0.25) is 0 Å². The summed E-state index contributed by atoms with van der Waals surface area (Å²) in [5, 5.41) is 9.28. The molecule has 0 amide bonds. The van der Waals surface area contributed by atoms with Crippen molar-refractivity contribution in [3.8, 4) is 11.8 Å². The molecule has 0 saturated carbocycles. The minimum atomic E-state index is -0.598. The number of pyridine rings is 1. The SMILES string of the molecule is COCCn1cc(C(=O)c2cc(F)ccc2OCc2ccc(C)cc2)cc(C#N)c1=O. The lowest BCUT2D eigenvalue weighted by molar-refractivity contribution is 0.103. The zero-order valence-corrected chi connectivity index (χ0v) is 17.2. The van der Waals surface area contributed by atoms with E-state index in [2.05, 4.69) is 0 Å². The molecule has 0 unspecified atom stereocenters. The highest BCUT2D eigenvalue weighted by molar-refractivity contribution is 6.10. The molecule has 0 N–H and O–H groups in total. The highest BCUT2D eigenvalue weighted by Gasteiger charge is 2.19. The summed E-state index contributed by atoms with van der Waals surface area (Å²) in [6.07, 6.45) is 1.35. The zero-order valence-electron chi connectivity index (χ0n) is 17.2. The van der Waals surface area contributed by atoms with Crippen LogP contribution in [0.5, 0.6) is 5.75 Å². The summed E-state index contributed by atoms with van der Waals surface area (Å²) in [6.45, 7) is 2.57. The Labute approximate surface area is 179 Å². The van der Waals surface area contributed by atoms with E-state index < -0.39 is 17.2 Å². The monoisotopic (exact) mass is 420 g/mol. The highest BCUT2D eigenvalue weighted by Crippen LogP contribution is 2.24. The van der Waals surface area contributed by atoms with Crippen LogP contribution in [0.3, 0.4) is 0 Å². The number of nitrogens with zero attached hydrogens (tertiary/aromatic N) is 2. The predicted octanol–water partition coefficient (Wildman–Crippen LogP) is 3.62. The number of methoxy groups -OCH3 is 1. The molecule has 3 rings (SSSR count). The van der Waals surface area contributed by atoms with Crippen molar-refractivity contribution < 1.29 is 18.7 Å². The summed E-state index contributed by atoms with van der Waals surface area (Å²) in [5.74, 6) is -0.944. The Hall–Kier alpha value is -3.76. The van der Waals surface area contributed by atoms with E-state index in [0.29, 0.717) is 0 Å². The van der Waals surface area contributed by atoms with Crippen LogP contribution in [0.25, 0.3) is 0 Å². The molecule has 6 nitrogen and oxygen atoms in total. The van der Waals surface area contributed by atoms with Gasteiger partial charge < -0.3 is 14.0 Å². The number of carbonyl (C=O) groups excluding carboxylic acids is 1. The van der Waals surface area contributed by atoms with Crippen LogP contribution in [0.2, 0.25) is 0 Å². The Morgan fingerprint density at radius 1 is 1.16 bits per heavy atom. The molecule has 3 aromatic rings. The van der Waals surface area contributed by atoms with Crippen LogP contribution < -0.4 is 10.3 Å². The summed E-state index contributed by atoms with van der Waals surface area (Å²) in [4.78, 5) is 25.5. The van der Waals surface area contributed by atoms with Crippen LogP contribution in [0.15, 0.2) is 59.5 Å². The number of ether oxygens (including phenoxy) is 2. The first-order valence-electron chi connectivity index (χ1n) is 9.59. The largest absolute Gasteiger partial charge is 0.488 e. The molecule has 0 aliphatic heterocycles. The van der Waals surface area contributed by atoms with Crippen LogP contribution in [-0.2, 0) is 17.9 Å². The van der Waals surface area contributed by atoms with Gasteiger partial charge in [0.05, 0.1) is 12.2 Å². The van der Waals surface area contributed by atoms with E-state index in [1.165, 1.54) is 36.1 Å². The second-order valence-electron chi connectivity index (χ2n) is 6.99. The van der Waals surface area contributed by atoms with Crippen molar-refractivity contribution in [3.63, 3.8) is 0 Å². The van der Waals surface area contributed by atoms with Crippen molar-refractivity contribution in [2.45, 2.75) is 20.1 Å². The number of hydrogen-bond acceptors (Lipinski definition) is 5. The fraction of sp³-hybridized carbons (Fsp3) is 0.208. The fourth-order valence-electron chi connectivity index (χ4n) is 3.00. The first-order valence-corrected chi connectivity index (χ1v) is 9.59. The summed E-state index contributed by atoms with van der Waals surface area (Å²) in [6, 6.07) is 14.4. The molecule has 0 radical (unpaired) electrons. The quantitative estimate of drug-likeness (QED) is 0.520. The molecule has 7 heteroatoms. The molecular formula is C24H21FN2O4. The molecule has 2 aromatic carbocycles. The molecule has 1 heterocycles. The Morgan fingerprint density at radius 2 is 1.90 bits per heavy atom. The maximum absolute atomic E-state index is 14.0. The van der Waals surface area contributed by atoms with Crippen molar-refractivity contribution in [1.82, 2.24) is 4.57 Å². The lowest BCUT2D eigenvalue weighted by Crippen LogP contribution is -2.25. The van der Waals surface area contributed by atoms with Gasteiger partial charge in [0.15, 0.2) is 5.78 Å². The molecule has 0 aliphatic carbocycles. The minimum Gasteiger partial charge on any atom is -0.488 e. The molecule has 0 spiro atoms. The lowest BCUT2D eigenvalue weighted by Gasteiger charge is -2.13. The number of aromatic nitrogens is 1. The van der Waals surface area contributed by atoms with E-state index in [1.54, 1.807) is 6.07 Å². The molecule has 1 aromatic heterocycles. The summed E-state index contributed by atoms with van der Waals surface area (Å²) < 4.78 is 26.0. The average molecular weight is 420 g/mol. The first kappa shape index (κ1) is 21.9. The Balaban J connectivity index is 1.95. The van der Waals surface area contributed by atoms with Gasteiger partial charge in [-0.3, -0.25) is 9.59 Å². The lowest BCUT2D eigenvalue weighted by atomic mass is 10.0. The van der Waals surface area contributed by atoms with Crippen LogP contribution in [0, 0.1) is 24.1 Å². The number of ketones is 1. The minimum absolute atomic E-state index is 0.00735. The van der Waals surface area contributed by atoms with Crippen molar-refractivity contribution in [2.75, 3.05) is 13.7 Å². The van der Waals surface area contributed by atoms with Crippen molar-refractivity contribution in [1.29, 1.82) is 5.26 Å². The molecule has 31 heavy (non-hydrogen) atoms. The van der Waals surface area contributed by atoms with Gasteiger partial charge in [-0.05, 0) is 36.8 Å². The van der Waals surface area contributed by atoms with Crippen LogP contribution in [0.4, 0.5) is 4.39 Å². The average Bonchev–Trinajstić information content (AvgIpc) is 2.78. The van der Waals surface area contributed by atoms with E-state index in [1.807, 2.05) is 31.2 Å². The first-order chi connectivity index (χ1) is 14.9. The van der Waals surface area contributed by atoms with E-state index >= 15 is 0 Å².